The Hall–Kier alpha value is -2.46. The highest BCUT2D eigenvalue weighted by Gasteiger charge is 2.25. The Bertz CT molecular complexity index is 677. The summed E-state index contributed by atoms with van der Waals surface area (Å²) in [5.74, 6) is 0.965. The summed E-state index contributed by atoms with van der Waals surface area (Å²) in [6, 6.07) is 4.11. The molecule has 1 N–H and O–H groups in total. The second-order valence-electron chi connectivity index (χ2n) is 5.35. The van der Waals surface area contributed by atoms with Crippen molar-refractivity contribution in [3.05, 3.63) is 36.0 Å². The fourth-order valence-electron chi connectivity index (χ4n) is 2.87. The highest BCUT2D eigenvalue weighted by atomic mass is 16.3. The summed E-state index contributed by atoms with van der Waals surface area (Å²) in [5.41, 5.74) is 1.40. The summed E-state index contributed by atoms with van der Waals surface area (Å²) in [7, 11) is 0. The average molecular weight is 298 g/mol. The molecule has 2 aromatic rings. The maximum atomic E-state index is 9.18. The molecule has 7 heteroatoms. The van der Waals surface area contributed by atoms with Gasteiger partial charge < -0.3 is 10.0 Å². The normalized spacial score (nSPS) is 18.2. The number of nitrogens with zero attached hydrogens (tertiary/aromatic N) is 6. The number of hydrogen-bond acceptors (Lipinski definition) is 6. The molecule has 1 aliphatic heterocycles. The van der Waals surface area contributed by atoms with Crippen molar-refractivity contribution in [2.24, 2.45) is 0 Å². The quantitative estimate of drug-likeness (QED) is 0.902. The molecule has 1 fully saturated rings. The van der Waals surface area contributed by atoms with Gasteiger partial charge in [-0.25, -0.2) is 9.97 Å². The molecule has 3 rings (SSSR count). The van der Waals surface area contributed by atoms with Gasteiger partial charge in [0.25, 0.3) is 0 Å². The van der Waals surface area contributed by atoms with Crippen molar-refractivity contribution in [2.75, 3.05) is 24.6 Å². The van der Waals surface area contributed by atoms with E-state index in [2.05, 4.69) is 26.0 Å². The molecule has 114 valence electrons. The summed E-state index contributed by atoms with van der Waals surface area (Å²) in [6.45, 7) is 2.26. The first-order valence-electron chi connectivity index (χ1n) is 7.42. The molecule has 2 aromatic heterocycles. The number of piperidine rings is 1. The monoisotopic (exact) mass is 298 g/mol. The van der Waals surface area contributed by atoms with Crippen LogP contribution in [0, 0.1) is 11.3 Å². The second kappa shape index (κ2) is 6.54. The number of hydrogen-bond donors (Lipinski definition) is 1. The lowest BCUT2D eigenvalue weighted by Crippen LogP contribution is -2.35. The fourth-order valence-corrected chi connectivity index (χ4v) is 2.87. The van der Waals surface area contributed by atoms with E-state index in [0.717, 1.165) is 31.6 Å². The predicted molar refractivity (Wildman–Crippen MR) is 80.2 cm³/mol. The number of aliphatic hydroxyl groups excluding tert-OH is 1. The molecule has 1 atom stereocenters. The molecule has 0 aliphatic carbocycles. The van der Waals surface area contributed by atoms with E-state index in [1.165, 1.54) is 0 Å². The first-order valence-corrected chi connectivity index (χ1v) is 7.42. The molecule has 1 aliphatic rings. The fraction of sp³-hybridized carbons (Fsp3) is 0.467. The van der Waals surface area contributed by atoms with Crippen molar-refractivity contribution in [3.63, 3.8) is 0 Å². The zero-order valence-electron chi connectivity index (χ0n) is 12.3. The summed E-state index contributed by atoms with van der Waals surface area (Å²) in [6.07, 6.45) is 7.15. The minimum absolute atomic E-state index is 0.0864. The maximum Gasteiger partial charge on any atom is 0.183 e. The van der Waals surface area contributed by atoms with Crippen molar-refractivity contribution < 1.29 is 5.11 Å². The van der Waals surface area contributed by atoms with Crippen LogP contribution in [-0.4, -0.2) is 44.6 Å². The van der Waals surface area contributed by atoms with E-state index in [0.29, 0.717) is 24.0 Å². The van der Waals surface area contributed by atoms with Crippen LogP contribution in [0.15, 0.2) is 24.7 Å². The Balaban J connectivity index is 1.77. The smallest absolute Gasteiger partial charge is 0.183 e. The number of rotatable bonds is 4. The average Bonchev–Trinajstić information content (AvgIpc) is 3.04. The summed E-state index contributed by atoms with van der Waals surface area (Å²) < 4.78 is 1.76. The van der Waals surface area contributed by atoms with Crippen LogP contribution in [-0.2, 0) is 6.54 Å². The number of aromatic nitrogens is 4. The number of aliphatic hydroxyl groups is 1. The Kier molecular flexibility index (Phi) is 4.30. The van der Waals surface area contributed by atoms with E-state index in [-0.39, 0.29) is 6.61 Å². The Labute approximate surface area is 128 Å². The summed E-state index contributed by atoms with van der Waals surface area (Å²) in [4.78, 5) is 10.5. The molecule has 1 saturated heterocycles. The molecule has 0 unspecified atom stereocenters. The van der Waals surface area contributed by atoms with Crippen LogP contribution >= 0.6 is 0 Å². The van der Waals surface area contributed by atoms with Gasteiger partial charge in [-0.1, -0.05) is 0 Å². The Morgan fingerprint density at radius 1 is 1.36 bits per heavy atom. The van der Waals surface area contributed by atoms with Crippen LogP contribution in [0.5, 0.6) is 0 Å². The first-order chi connectivity index (χ1) is 10.8. The lowest BCUT2D eigenvalue weighted by atomic mass is 9.95. The maximum absolute atomic E-state index is 9.18. The molecular formula is C15H18N6O. The van der Waals surface area contributed by atoms with Gasteiger partial charge in [0.05, 0.1) is 18.8 Å². The van der Waals surface area contributed by atoms with Gasteiger partial charge >= 0.3 is 0 Å². The van der Waals surface area contributed by atoms with Gasteiger partial charge in [0.1, 0.15) is 6.07 Å². The van der Waals surface area contributed by atoms with Crippen molar-refractivity contribution in [3.8, 4) is 6.07 Å². The van der Waals surface area contributed by atoms with Crippen LogP contribution < -0.4 is 4.90 Å². The molecule has 3 heterocycles. The van der Waals surface area contributed by atoms with E-state index < -0.39 is 0 Å². The van der Waals surface area contributed by atoms with Crippen molar-refractivity contribution in [1.29, 1.82) is 5.26 Å². The van der Waals surface area contributed by atoms with E-state index in [1.54, 1.807) is 17.1 Å². The van der Waals surface area contributed by atoms with Gasteiger partial charge in [-0.3, -0.25) is 4.68 Å². The lowest BCUT2D eigenvalue weighted by Gasteiger charge is -2.32. The third-order valence-corrected chi connectivity index (χ3v) is 3.91. The van der Waals surface area contributed by atoms with Crippen LogP contribution in [0.3, 0.4) is 0 Å². The minimum atomic E-state index is 0.0864. The molecule has 0 bridgehead atoms. The van der Waals surface area contributed by atoms with Crippen molar-refractivity contribution in [1.82, 2.24) is 19.7 Å². The summed E-state index contributed by atoms with van der Waals surface area (Å²) >= 11 is 0. The van der Waals surface area contributed by atoms with Gasteiger partial charge in [0, 0.05) is 37.6 Å². The molecule has 0 saturated carbocycles. The van der Waals surface area contributed by atoms with Gasteiger partial charge in [-0.2, -0.15) is 10.4 Å². The summed E-state index contributed by atoms with van der Waals surface area (Å²) in [5, 5.41) is 22.7. The number of anilines is 1. The van der Waals surface area contributed by atoms with E-state index >= 15 is 0 Å². The van der Waals surface area contributed by atoms with Gasteiger partial charge in [-0.15, -0.1) is 0 Å². The minimum Gasteiger partial charge on any atom is -0.394 e. The van der Waals surface area contributed by atoms with E-state index in [4.69, 9.17) is 5.11 Å². The second-order valence-corrected chi connectivity index (χ2v) is 5.35. The lowest BCUT2D eigenvalue weighted by molar-refractivity contribution is 0.268. The standard InChI is InChI=1S/C15H18N6O/c16-10-14-15(18-5-4-17-14)20-6-1-2-12(11-20)13-3-7-21(19-13)8-9-22/h3-5,7,12,22H,1-2,6,8-9,11H2/t12-/m0/s1. The molecular weight excluding hydrogens is 280 g/mol. The van der Waals surface area contributed by atoms with Gasteiger partial charge in [0.2, 0.25) is 0 Å². The molecule has 0 aromatic carbocycles. The SMILES string of the molecule is N#Cc1nccnc1N1CCC[C@H](c2ccn(CCO)n2)C1. The van der Waals surface area contributed by atoms with E-state index in [9.17, 15) is 5.26 Å². The van der Waals surface area contributed by atoms with Crippen LogP contribution in [0.25, 0.3) is 0 Å². The predicted octanol–water partition coefficient (Wildman–Crippen LogP) is 0.921. The number of nitriles is 1. The van der Waals surface area contributed by atoms with E-state index in [1.807, 2.05) is 12.3 Å². The Morgan fingerprint density at radius 2 is 2.23 bits per heavy atom. The molecule has 22 heavy (non-hydrogen) atoms. The zero-order chi connectivity index (χ0) is 15.4. The molecule has 0 spiro atoms. The van der Waals surface area contributed by atoms with Crippen LogP contribution in [0.1, 0.15) is 30.1 Å². The Morgan fingerprint density at radius 3 is 3.05 bits per heavy atom. The zero-order valence-corrected chi connectivity index (χ0v) is 12.3. The van der Waals surface area contributed by atoms with Crippen LogP contribution in [0.2, 0.25) is 0 Å². The molecule has 7 nitrogen and oxygen atoms in total. The third-order valence-electron chi connectivity index (χ3n) is 3.91. The largest absolute Gasteiger partial charge is 0.394 e. The molecule has 0 amide bonds. The third kappa shape index (κ3) is 2.92. The van der Waals surface area contributed by atoms with Crippen molar-refractivity contribution >= 4 is 5.82 Å². The van der Waals surface area contributed by atoms with Crippen LogP contribution in [0.4, 0.5) is 5.82 Å². The molecule has 0 radical (unpaired) electrons. The highest BCUT2D eigenvalue weighted by Crippen LogP contribution is 2.29. The topological polar surface area (TPSA) is 90.9 Å². The van der Waals surface area contributed by atoms with Crippen molar-refractivity contribution in [2.45, 2.75) is 25.3 Å². The highest BCUT2D eigenvalue weighted by molar-refractivity contribution is 5.50. The van der Waals surface area contributed by atoms with Gasteiger partial charge in [0.15, 0.2) is 11.5 Å². The first kappa shape index (κ1) is 14.5. The van der Waals surface area contributed by atoms with Gasteiger partial charge in [-0.05, 0) is 18.9 Å².